The van der Waals surface area contributed by atoms with Crippen LogP contribution in [0.25, 0.3) is 27.2 Å². The number of ether oxygens (including phenoxy) is 2. The first kappa shape index (κ1) is 66.2. The third-order valence-corrected chi connectivity index (χ3v) is 17.5. The number of benzene rings is 7. The number of nitrogens with one attached hydrogen (secondary N) is 1. The first-order valence-corrected chi connectivity index (χ1v) is 32.7. The predicted octanol–water partition coefficient (Wildman–Crippen LogP) is 8.11. The molecule has 0 spiro atoms. The number of aromatic hydroxyl groups is 2. The number of azo groups is 4. The van der Waals surface area contributed by atoms with Crippen molar-refractivity contribution in [3.8, 4) is 28.8 Å². The summed E-state index contributed by atoms with van der Waals surface area (Å²) in [5, 5.41) is 63.2. The van der Waals surface area contributed by atoms with Crippen molar-refractivity contribution in [1.82, 2.24) is 9.78 Å². The molecule has 0 atom stereocenters. The minimum atomic E-state index is -5.72. The number of nitro groups is 1. The van der Waals surface area contributed by atoms with Gasteiger partial charge in [-0.15, -0.1) is 40.9 Å². The van der Waals surface area contributed by atoms with Crippen molar-refractivity contribution in [2.24, 2.45) is 40.9 Å². The maximum absolute atomic E-state index is 13.5. The van der Waals surface area contributed by atoms with Crippen molar-refractivity contribution >= 4 is 157 Å². The van der Waals surface area contributed by atoms with Crippen LogP contribution in [0.1, 0.15) is 6.42 Å². The molecule has 472 valence electrons. The largest absolute Gasteiger partial charge is 0.505 e. The molecule has 11 N–H and O–H groups in total. The van der Waals surface area contributed by atoms with Gasteiger partial charge in [-0.2, -0.15) is 50.5 Å². The van der Waals surface area contributed by atoms with Gasteiger partial charge < -0.3 is 25.4 Å². The van der Waals surface area contributed by atoms with Gasteiger partial charge in [-0.25, -0.2) is 4.68 Å². The van der Waals surface area contributed by atoms with E-state index in [1.165, 1.54) is 0 Å². The molecule has 7 aromatic carbocycles. The molecule has 38 nitrogen and oxygen atoms in total. The molecular weight excluding hydrogens is 1350 g/mol. The van der Waals surface area contributed by atoms with Gasteiger partial charge in [-0.3, -0.25) is 52.1 Å². The van der Waals surface area contributed by atoms with Crippen LogP contribution < -0.4 is 20.8 Å². The Morgan fingerprint density at radius 1 is 0.600 bits per heavy atom. The highest BCUT2D eigenvalue weighted by Crippen LogP contribution is 2.49. The number of aromatic amines is 1. The molecule has 45 heteroatoms. The quantitative estimate of drug-likeness (QED) is 0.00582. The Balaban J connectivity index is 1.21. The van der Waals surface area contributed by atoms with Gasteiger partial charge in [0.25, 0.3) is 67.2 Å². The molecule has 1 heterocycles. The lowest BCUT2D eigenvalue weighted by molar-refractivity contribution is -0.385. The molecule has 0 saturated heterocycles. The standard InChI is InChI=1S/C45H33ClN12O26S6/c46-25-16-34(88(74,75)76)30(52-55-39-44(84-19-59)56-57(45(39)62)20-5-7-21(8-6-20)86(68,69)70)17-29(25)51-54-38-35(89(77,78)79)15-24-22(40(38)60)9-12-28(43(24)90(80,81)82)50-53-31-18-33(87(71,72)73)23-10-11-26(41(61)36(23)37(31)47)48-49-27-3-1-4-32(58(63)64)42(27)83-13-2-14-85(65,66)67/h1,3-12,15-19,56,60-61H,2,13-14,47H2,(H,65,66,67)(H,68,69,70)(H,71,72,73)(H,74,75,76)(H,77,78,79)(H,80,81,82). The zero-order valence-corrected chi connectivity index (χ0v) is 49.3. The van der Waals surface area contributed by atoms with E-state index < -0.39 is 209 Å². The second-order valence-corrected chi connectivity index (χ2v) is 26.6. The van der Waals surface area contributed by atoms with Crippen molar-refractivity contribution in [2.75, 3.05) is 18.1 Å². The van der Waals surface area contributed by atoms with Crippen molar-refractivity contribution in [3.05, 3.63) is 116 Å². The number of para-hydroxylation sites is 1. The highest BCUT2D eigenvalue weighted by molar-refractivity contribution is 7.87. The van der Waals surface area contributed by atoms with Gasteiger partial charge in [-0.05, 0) is 79.2 Å². The molecule has 0 radical (unpaired) electrons. The number of phenolic OH excluding ortho intramolecular Hbond substituents is 2. The molecule has 0 aliphatic carbocycles. The van der Waals surface area contributed by atoms with Crippen LogP contribution in [0.5, 0.6) is 23.1 Å². The van der Waals surface area contributed by atoms with Crippen LogP contribution in [0.3, 0.4) is 0 Å². The minimum Gasteiger partial charge on any atom is -0.505 e. The first-order chi connectivity index (χ1) is 41.8. The van der Waals surface area contributed by atoms with E-state index in [0.29, 0.717) is 35.0 Å². The van der Waals surface area contributed by atoms with Crippen LogP contribution in [-0.4, -0.2) is 122 Å². The molecule has 0 aliphatic heterocycles. The van der Waals surface area contributed by atoms with Crippen LogP contribution in [-0.2, 0) is 65.5 Å². The third kappa shape index (κ3) is 14.2. The Morgan fingerprint density at radius 2 is 1.18 bits per heavy atom. The first-order valence-electron chi connectivity index (χ1n) is 23.5. The van der Waals surface area contributed by atoms with E-state index in [2.05, 4.69) is 46.0 Å². The molecule has 1 aromatic heterocycles. The molecule has 0 amide bonds. The smallest absolute Gasteiger partial charge is 0.313 e. The molecular formula is C45H33ClN12O26S6. The van der Waals surface area contributed by atoms with E-state index in [1.807, 2.05) is 0 Å². The molecule has 0 aliphatic rings. The van der Waals surface area contributed by atoms with Crippen molar-refractivity contribution in [1.29, 1.82) is 0 Å². The summed E-state index contributed by atoms with van der Waals surface area (Å²) in [7, 11) is -31.3. The number of carbonyl (C=O) groups excluding carboxylic acids is 1. The maximum atomic E-state index is 13.5. The monoisotopic (exact) mass is 1380 g/mol. The van der Waals surface area contributed by atoms with Gasteiger partial charge in [0.1, 0.15) is 59.4 Å². The number of phenols is 2. The van der Waals surface area contributed by atoms with Gasteiger partial charge >= 0.3 is 11.2 Å². The number of nitro benzene ring substituents is 1. The fourth-order valence-electron chi connectivity index (χ4n) is 8.06. The number of aromatic nitrogens is 2. The number of nitrogens with two attached hydrogens (primary N) is 1. The van der Waals surface area contributed by atoms with E-state index in [4.69, 9.17) is 31.4 Å². The second-order valence-electron chi connectivity index (χ2n) is 17.7. The van der Waals surface area contributed by atoms with Gasteiger partial charge in [0.05, 0.1) is 44.0 Å². The summed E-state index contributed by atoms with van der Waals surface area (Å²) in [4.78, 5) is 30.0. The number of H-pyrrole nitrogens is 1. The van der Waals surface area contributed by atoms with Crippen LogP contribution >= 0.6 is 11.6 Å². The summed E-state index contributed by atoms with van der Waals surface area (Å²) in [5.41, 5.74) is -2.96. The third-order valence-electron chi connectivity index (χ3n) is 11.9. The number of nitrogen functional groups attached to an aromatic ring is 1. The Kier molecular flexibility index (Phi) is 18.2. The molecule has 0 unspecified atom stereocenters. The summed E-state index contributed by atoms with van der Waals surface area (Å²) in [6, 6.07) is 12.4. The van der Waals surface area contributed by atoms with Crippen molar-refractivity contribution in [2.45, 2.75) is 30.9 Å². The second kappa shape index (κ2) is 24.7. The number of hydrogen-bond acceptors (Lipinski definition) is 29. The maximum Gasteiger partial charge on any atom is 0.313 e. The van der Waals surface area contributed by atoms with Gasteiger partial charge in [0.2, 0.25) is 17.3 Å². The number of carbonyl (C=O) groups is 1. The van der Waals surface area contributed by atoms with E-state index in [1.54, 1.807) is 0 Å². The number of hydrogen-bond donors (Lipinski definition) is 10. The van der Waals surface area contributed by atoms with Crippen LogP contribution in [0.15, 0.2) is 161 Å². The Morgan fingerprint density at radius 3 is 1.78 bits per heavy atom. The van der Waals surface area contributed by atoms with E-state index >= 15 is 0 Å². The van der Waals surface area contributed by atoms with Crippen molar-refractivity contribution in [3.63, 3.8) is 0 Å². The summed E-state index contributed by atoms with van der Waals surface area (Å²) >= 11 is 6.26. The van der Waals surface area contributed by atoms with Crippen LogP contribution in [0.4, 0.5) is 56.9 Å². The van der Waals surface area contributed by atoms with Gasteiger partial charge in [0.15, 0.2) is 11.5 Å². The Hall–Kier alpha value is -9.71. The van der Waals surface area contributed by atoms with E-state index in [-0.39, 0.29) is 24.3 Å². The van der Waals surface area contributed by atoms with Gasteiger partial charge in [0, 0.05) is 22.2 Å². The fourth-order valence-corrected chi connectivity index (χ4v) is 12.1. The summed E-state index contributed by atoms with van der Waals surface area (Å²) < 4.78 is 219. The van der Waals surface area contributed by atoms with Crippen LogP contribution in [0.2, 0.25) is 5.02 Å². The van der Waals surface area contributed by atoms with E-state index in [9.17, 15) is 103 Å². The molecule has 8 rings (SSSR count). The van der Waals surface area contributed by atoms with Crippen molar-refractivity contribution < 1.29 is 107 Å². The fraction of sp³-hybridized carbons (Fsp3) is 0.0667. The number of halogens is 1. The lowest BCUT2D eigenvalue weighted by atomic mass is 10.1. The average Bonchev–Trinajstić information content (AvgIpc) is 0.916. The zero-order valence-electron chi connectivity index (χ0n) is 43.7. The zero-order chi connectivity index (χ0) is 66.4. The molecule has 0 fully saturated rings. The molecule has 90 heavy (non-hydrogen) atoms. The van der Waals surface area contributed by atoms with Gasteiger partial charge in [-0.1, -0.05) is 23.7 Å². The lowest BCUT2D eigenvalue weighted by Crippen LogP contribution is -2.14. The number of fused-ring (bicyclic) bond motifs is 2. The average molecular weight is 1390 g/mol. The summed E-state index contributed by atoms with van der Waals surface area (Å²) in [6.07, 6.45) is -0.345. The van der Waals surface area contributed by atoms with E-state index in [0.717, 1.165) is 60.7 Å². The Bertz CT molecular complexity index is 5300. The summed E-state index contributed by atoms with van der Waals surface area (Å²) in [6.45, 7) is -0.691. The predicted molar refractivity (Wildman–Crippen MR) is 306 cm³/mol. The number of anilines is 1. The highest BCUT2D eigenvalue weighted by atomic mass is 35.5. The normalized spacial score (nSPS) is 13.0. The molecule has 8 aromatic rings. The van der Waals surface area contributed by atoms with Crippen LogP contribution in [0, 0.1) is 10.1 Å². The Labute approximate surface area is 506 Å². The SMILES string of the molecule is Nc1c(N=Nc2ccc3c(O)c(N=Nc4cc(N=Nc5c(OC=O)[nH]n(-c6ccc(S(=O)(=O)O)cc6)c5=O)c(S(=O)(=O)O)cc4Cl)c(S(=O)(=O)O)cc3c2S(=O)(=O)O)cc(S(=O)(=O)O)c2ccc(N=Nc3cccc([N+](=O)[O-])c3OCCCS(=O)(=O)O)c(O)c12. The topological polar surface area (TPSA) is 608 Å². The minimum absolute atomic E-state index is 0.157. The highest BCUT2D eigenvalue weighted by Gasteiger charge is 2.30. The lowest BCUT2D eigenvalue weighted by Gasteiger charge is -2.13. The number of rotatable bonds is 22. The summed E-state index contributed by atoms with van der Waals surface area (Å²) in [5.74, 6) is -4.46. The molecule has 0 bridgehead atoms. The molecule has 0 saturated carbocycles. The number of nitrogens with zero attached hydrogens (tertiary/aromatic N) is 10.